The van der Waals surface area contributed by atoms with Crippen LogP contribution in [0.3, 0.4) is 0 Å². The van der Waals surface area contributed by atoms with Crippen molar-refractivity contribution in [2.24, 2.45) is 0 Å². The Balaban J connectivity index is 2.33. The number of aromatic amines is 1. The molecule has 0 amide bonds. The number of benzene rings is 1. The highest BCUT2D eigenvalue weighted by molar-refractivity contribution is 7.92. The molecule has 1 aromatic heterocycles. The molecule has 0 saturated carbocycles. The lowest BCUT2D eigenvalue weighted by atomic mass is 10.3. The first-order valence-electron chi connectivity index (χ1n) is 4.49. The van der Waals surface area contributed by atoms with E-state index in [0.29, 0.717) is 0 Å². The van der Waals surface area contributed by atoms with Gasteiger partial charge < -0.3 is 10.1 Å². The molecule has 1 heterocycles. The van der Waals surface area contributed by atoms with Crippen molar-refractivity contribution < 1.29 is 17.9 Å². The molecule has 3 N–H and O–H groups in total. The molecule has 0 aliphatic heterocycles. The zero-order chi connectivity index (χ0) is 12.5. The van der Waals surface area contributed by atoms with E-state index < -0.39 is 15.8 Å². The fourth-order valence-corrected chi connectivity index (χ4v) is 2.15. The number of nitrogens with zero attached hydrogens (tertiary/aromatic N) is 1. The molecular weight excluding hydrogens is 249 g/mol. The lowest BCUT2D eigenvalue weighted by Crippen LogP contribution is -2.14. The number of halogens is 1. The van der Waals surface area contributed by atoms with E-state index in [9.17, 15) is 12.8 Å². The first kappa shape index (κ1) is 11.4. The molecule has 2 aromatic rings. The van der Waals surface area contributed by atoms with E-state index in [1.54, 1.807) is 0 Å². The number of hydrogen-bond donors (Lipinski definition) is 3. The summed E-state index contributed by atoms with van der Waals surface area (Å²) >= 11 is 0. The van der Waals surface area contributed by atoms with Crippen LogP contribution in [0.1, 0.15) is 0 Å². The van der Waals surface area contributed by atoms with Crippen LogP contribution in [0.25, 0.3) is 0 Å². The first-order chi connectivity index (χ1) is 7.99. The number of rotatable bonds is 3. The van der Waals surface area contributed by atoms with Gasteiger partial charge in [0.05, 0.1) is 18.2 Å². The number of aromatic hydroxyl groups is 1. The summed E-state index contributed by atoms with van der Waals surface area (Å²) in [5.74, 6) is -1.15. The van der Waals surface area contributed by atoms with Gasteiger partial charge >= 0.3 is 0 Å². The third kappa shape index (κ3) is 2.36. The number of phenolic OH excluding ortho intramolecular Hbond substituents is 1. The lowest BCUT2D eigenvalue weighted by Gasteiger charge is -2.07. The topological polar surface area (TPSA) is 95.1 Å². The minimum Gasteiger partial charge on any atom is -0.508 e. The van der Waals surface area contributed by atoms with Crippen molar-refractivity contribution in [2.75, 3.05) is 4.72 Å². The van der Waals surface area contributed by atoms with Crippen molar-refractivity contribution in [3.8, 4) is 5.75 Å². The predicted molar refractivity (Wildman–Crippen MR) is 57.5 cm³/mol. The number of sulfonamides is 1. The van der Waals surface area contributed by atoms with Gasteiger partial charge in [-0.05, 0) is 12.1 Å². The third-order valence-electron chi connectivity index (χ3n) is 1.96. The summed E-state index contributed by atoms with van der Waals surface area (Å²) in [6.07, 6.45) is 2.29. The number of H-pyrrole nitrogens is 1. The zero-order valence-electron chi connectivity index (χ0n) is 8.38. The number of hydrogen-bond acceptors (Lipinski definition) is 4. The molecule has 0 aliphatic carbocycles. The average molecular weight is 257 g/mol. The van der Waals surface area contributed by atoms with Crippen LogP contribution in [0, 0.1) is 5.82 Å². The molecule has 17 heavy (non-hydrogen) atoms. The Morgan fingerprint density at radius 2 is 2.18 bits per heavy atom. The molecule has 2 rings (SSSR count). The maximum atomic E-state index is 13.3. The SMILES string of the molecule is O=S(=O)(Nc1ccc(O)cc1F)c1cnc[nH]1. The van der Waals surface area contributed by atoms with Gasteiger partial charge in [0.1, 0.15) is 5.75 Å². The van der Waals surface area contributed by atoms with Crippen molar-refractivity contribution >= 4 is 15.7 Å². The van der Waals surface area contributed by atoms with Crippen LogP contribution < -0.4 is 4.72 Å². The number of imidazole rings is 1. The fraction of sp³-hybridized carbons (Fsp3) is 0. The normalized spacial score (nSPS) is 11.4. The van der Waals surface area contributed by atoms with Crippen LogP contribution in [-0.2, 0) is 10.0 Å². The Bertz CT molecular complexity index is 625. The molecule has 0 spiro atoms. The van der Waals surface area contributed by atoms with Crippen LogP contribution >= 0.6 is 0 Å². The molecule has 0 aliphatic rings. The standard InChI is InChI=1S/C9H8FN3O3S/c10-7-3-6(14)1-2-8(7)13-17(15,16)9-4-11-5-12-9/h1-5,13-14H,(H,11,12). The van der Waals surface area contributed by atoms with E-state index in [1.165, 1.54) is 12.4 Å². The molecule has 1 aromatic carbocycles. The number of phenols is 1. The van der Waals surface area contributed by atoms with Gasteiger partial charge in [-0.15, -0.1) is 0 Å². The van der Waals surface area contributed by atoms with Gasteiger partial charge in [0.2, 0.25) is 0 Å². The number of nitrogens with one attached hydrogen (secondary N) is 2. The van der Waals surface area contributed by atoms with Crippen molar-refractivity contribution in [2.45, 2.75) is 5.03 Å². The summed E-state index contributed by atoms with van der Waals surface area (Å²) in [7, 11) is -3.90. The van der Waals surface area contributed by atoms with E-state index in [1.807, 2.05) is 4.72 Å². The van der Waals surface area contributed by atoms with Gasteiger partial charge in [0.15, 0.2) is 10.8 Å². The van der Waals surface area contributed by atoms with Gasteiger partial charge in [-0.25, -0.2) is 9.37 Å². The quantitative estimate of drug-likeness (QED) is 0.716. The smallest absolute Gasteiger partial charge is 0.279 e. The molecular formula is C9H8FN3O3S. The second-order valence-electron chi connectivity index (χ2n) is 3.19. The summed E-state index contributed by atoms with van der Waals surface area (Å²) in [4.78, 5) is 5.95. The highest BCUT2D eigenvalue weighted by Gasteiger charge is 2.17. The van der Waals surface area contributed by atoms with Crippen LogP contribution in [0.4, 0.5) is 10.1 Å². The van der Waals surface area contributed by atoms with Gasteiger partial charge in [-0.2, -0.15) is 8.42 Å². The van der Waals surface area contributed by atoms with Gasteiger partial charge in [0, 0.05) is 6.07 Å². The van der Waals surface area contributed by atoms with E-state index in [-0.39, 0.29) is 16.5 Å². The Morgan fingerprint density at radius 1 is 1.41 bits per heavy atom. The zero-order valence-corrected chi connectivity index (χ0v) is 9.20. The van der Waals surface area contributed by atoms with E-state index in [4.69, 9.17) is 5.11 Å². The Kier molecular flexibility index (Phi) is 2.72. The van der Waals surface area contributed by atoms with Crippen molar-refractivity contribution in [1.29, 1.82) is 0 Å². The molecule has 0 fully saturated rings. The molecule has 0 unspecified atom stereocenters. The van der Waals surface area contributed by atoms with Crippen molar-refractivity contribution in [3.63, 3.8) is 0 Å². The highest BCUT2D eigenvalue weighted by atomic mass is 32.2. The molecule has 0 atom stereocenters. The first-order valence-corrected chi connectivity index (χ1v) is 5.97. The molecule has 0 bridgehead atoms. The second-order valence-corrected chi connectivity index (χ2v) is 4.84. The Labute approximate surface area is 96.2 Å². The van der Waals surface area contributed by atoms with Gasteiger partial charge in [-0.1, -0.05) is 0 Å². The van der Waals surface area contributed by atoms with E-state index in [2.05, 4.69) is 9.97 Å². The van der Waals surface area contributed by atoms with Gasteiger partial charge in [0.25, 0.3) is 10.0 Å². The van der Waals surface area contributed by atoms with Crippen molar-refractivity contribution in [3.05, 3.63) is 36.5 Å². The molecule has 8 heteroatoms. The lowest BCUT2D eigenvalue weighted by molar-refractivity contribution is 0.469. The van der Waals surface area contributed by atoms with E-state index in [0.717, 1.165) is 18.3 Å². The summed E-state index contributed by atoms with van der Waals surface area (Å²) in [5.41, 5.74) is -0.252. The molecule has 0 radical (unpaired) electrons. The van der Waals surface area contributed by atoms with E-state index >= 15 is 0 Å². The summed E-state index contributed by atoms with van der Waals surface area (Å²) in [6.45, 7) is 0. The van der Waals surface area contributed by atoms with Gasteiger partial charge in [-0.3, -0.25) is 4.72 Å². The summed E-state index contributed by atoms with van der Waals surface area (Å²) in [5, 5.41) is 8.81. The average Bonchev–Trinajstić information content (AvgIpc) is 2.76. The maximum Gasteiger partial charge on any atom is 0.279 e. The summed E-state index contributed by atoms with van der Waals surface area (Å²) in [6, 6.07) is 3.11. The minimum atomic E-state index is -3.90. The van der Waals surface area contributed by atoms with Crippen LogP contribution in [-0.4, -0.2) is 23.5 Å². The van der Waals surface area contributed by atoms with Crippen LogP contribution in [0.2, 0.25) is 0 Å². The maximum absolute atomic E-state index is 13.3. The number of aromatic nitrogens is 2. The summed E-state index contributed by atoms with van der Waals surface area (Å²) < 4.78 is 38.7. The Hall–Kier alpha value is -2.09. The molecule has 6 nitrogen and oxygen atoms in total. The minimum absolute atomic E-state index is 0.176. The molecule has 0 saturated heterocycles. The largest absolute Gasteiger partial charge is 0.508 e. The molecule has 90 valence electrons. The van der Waals surface area contributed by atoms with Crippen LogP contribution in [0.5, 0.6) is 5.75 Å². The highest BCUT2D eigenvalue weighted by Crippen LogP contribution is 2.21. The second kappa shape index (κ2) is 4.06. The van der Waals surface area contributed by atoms with Crippen LogP contribution in [0.15, 0.2) is 35.7 Å². The fourth-order valence-electron chi connectivity index (χ4n) is 1.18. The third-order valence-corrected chi connectivity index (χ3v) is 3.25. The monoisotopic (exact) mass is 257 g/mol. The number of anilines is 1. The predicted octanol–water partition coefficient (Wildman–Crippen LogP) is 1.06. The Morgan fingerprint density at radius 3 is 2.76 bits per heavy atom. The van der Waals surface area contributed by atoms with Crippen molar-refractivity contribution in [1.82, 2.24) is 9.97 Å².